The highest BCUT2D eigenvalue weighted by molar-refractivity contribution is 5.95. The summed E-state index contributed by atoms with van der Waals surface area (Å²) < 4.78 is 0. The Morgan fingerprint density at radius 1 is 1.19 bits per heavy atom. The summed E-state index contributed by atoms with van der Waals surface area (Å²) in [5.74, 6) is 0.216. The number of nitrogens with zero attached hydrogens (tertiary/aromatic N) is 1. The summed E-state index contributed by atoms with van der Waals surface area (Å²) in [6, 6.07) is 7.04. The van der Waals surface area contributed by atoms with Crippen molar-refractivity contribution < 1.29 is 4.79 Å². The van der Waals surface area contributed by atoms with Crippen LogP contribution in [-0.2, 0) is 0 Å². The molecule has 3 nitrogen and oxygen atoms in total. The second kappa shape index (κ2) is 6.18. The summed E-state index contributed by atoms with van der Waals surface area (Å²) in [5, 5.41) is 3.57. The lowest BCUT2D eigenvalue weighted by Crippen LogP contribution is -2.46. The Balaban J connectivity index is 1.73. The van der Waals surface area contributed by atoms with Crippen LogP contribution >= 0.6 is 0 Å². The fraction of sp³-hybridized carbons (Fsp3) is 0.611. The standard InChI is InChI=1S/C18H26N2O/c1-13-6-7-15(11-14(13)2)18(21)20(17-8-9-17)12-16-5-3-4-10-19-16/h6-7,11,16-17,19H,3-5,8-10,12H2,1-2H3. The van der Waals surface area contributed by atoms with Gasteiger partial charge in [0.05, 0.1) is 0 Å². The molecule has 0 spiro atoms. The van der Waals surface area contributed by atoms with Crippen molar-refractivity contribution in [2.75, 3.05) is 13.1 Å². The average molecular weight is 286 g/mol. The highest BCUT2D eigenvalue weighted by atomic mass is 16.2. The molecule has 0 radical (unpaired) electrons. The molecule has 21 heavy (non-hydrogen) atoms. The fourth-order valence-corrected chi connectivity index (χ4v) is 3.14. The molecule has 2 fully saturated rings. The van der Waals surface area contributed by atoms with Gasteiger partial charge >= 0.3 is 0 Å². The van der Waals surface area contributed by atoms with Crippen molar-refractivity contribution in [3.05, 3.63) is 34.9 Å². The van der Waals surface area contributed by atoms with Crippen LogP contribution in [0.15, 0.2) is 18.2 Å². The van der Waals surface area contributed by atoms with Crippen molar-refractivity contribution in [2.24, 2.45) is 0 Å². The molecule has 3 rings (SSSR count). The van der Waals surface area contributed by atoms with Gasteiger partial charge in [-0.1, -0.05) is 12.5 Å². The molecule has 1 aliphatic carbocycles. The van der Waals surface area contributed by atoms with Gasteiger partial charge in [-0.2, -0.15) is 0 Å². The quantitative estimate of drug-likeness (QED) is 0.922. The molecule has 0 bridgehead atoms. The molecule has 1 unspecified atom stereocenters. The van der Waals surface area contributed by atoms with Crippen LogP contribution in [0.25, 0.3) is 0 Å². The summed E-state index contributed by atoms with van der Waals surface area (Å²) >= 11 is 0. The first-order valence-electron chi connectivity index (χ1n) is 8.27. The zero-order valence-electron chi connectivity index (χ0n) is 13.2. The summed E-state index contributed by atoms with van der Waals surface area (Å²) in [6.07, 6.45) is 6.09. The first kappa shape index (κ1) is 14.6. The molecule has 1 aromatic rings. The minimum atomic E-state index is 0.216. The summed E-state index contributed by atoms with van der Waals surface area (Å²) in [7, 11) is 0. The predicted molar refractivity (Wildman–Crippen MR) is 85.6 cm³/mol. The number of piperidine rings is 1. The molecule has 0 aromatic heterocycles. The van der Waals surface area contributed by atoms with E-state index in [1.165, 1.54) is 43.2 Å². The average Bonchev–Trinajstić information content (AvgIpc) is 3.33. The molecular weight excluding hydrogens is 260 g/mol. The van der Waals surface area contributed by atoms with E-state index in [9.17, 15) is 4.79 Å². The van der Waals surface area contributed by atoms with Gasteiger partial charge in [-0.25, -0.2) is 0 Å². The molecule has 3 heteroatoms. The highest BCUT2D eigenvalue weighted by Crippen LogP contribution is 2.29. The fourth-order valence-electron chi connectivity index (χ4n) is 3.14. The van der Waals surface area contributed by atoms with Crippen molar-refractivity contribution in [1.82, 2.24) is 10.2 Å². The van der Waals surface area contributed by atoms with Gasteiger partial charge in [0.2, 0.25) is 0 Å². The van der Waals surface area contributed by atoms with Crippen molar-refractivity contribution in [1.29, 1.82) is 0 Å². The summed E-state index contributed by atoms with van der Waals surface area (Å²) in [4.78, 5) is 15.0. The van der Waals surface area contributed by atoms with E-state index < -0.39 is 0 Å². The Labute approximate surface area is 127 Å². The van der Waals surface area contributed by atoms with Gasteiger partial charge in [-0.05, 0) is 69.3 Å². The van der Waals surface area contributed by atoms with Crippen LogP contribution < -0.4 is 5.32 Å². The zero-order valence-corrected chi connectivity index (χ0v) is 13.2. The number of aryl methyl sites for hydroxylation is 2. The van der Waals surface area contributed by atoms with Crippen molar-refractivity contribution in [3.8, 4) is 0 Å². The Morgan fingerprint density at radius 3 is 2.62 bits per heavy atom. The van der Waals surface area contributed by atoms with E-state index in [4.69, 9.17) is 0 Å². The lowest BCUT2D eigenvalue weighted by atomic mass is 10.0. The van der Waals surface area contributed by atoms with Crippen LogP contribution in [0, 0.1) is 13.8 Å². The van der Waals surface area contributed by atoms with Gasteiger partial charge < -0.3 is 10.2 Å². The van der Waals surface area contributed by atoms with Gasteiger partial charge in [0.15, 0.2) is 0 Å². The summed E-state index contributed by atoms with van der Waals surface area (Å²) in [6.45, 7) is 6.14. The molecule has 1 saturated heterocycles. The SMILES string of the molecule is Cc1ccc(C(=O)N(CC2CCCCN2)C2CC2)cc1C. The number of nitrogens with one attached hydrogen (secondary N) is 1. The van der Waals surface area contributed by atoms with Crippen LogP contribution in [-0.4, -0.2) is 36.0 Å². The number of benzene rings is 1. The molecule has 1 aromatic carbocycles. The van der Waals surface area contributed by atoms with Crippen molar-refractivity contribution >= 4 is 5.91 Å². The van der Waals surface area contributed by atoms with E-state index in [2.05, 4.69) is 30.1 Å². The zero-order chi connectivity index (χ0) is 14.8. The lowest BCUT2D eigenvalue weighted by Gasteiger charge is -2.31. The number of hydrogen-bond donors (Lipinski definition) is 1. The van der Waals surface area contributed by atoms with Crippen LogP contribution in [0.4, 0.5) is 0 Å². The van der Waals surface area contributed by atoms with E-state index in [0.717, 1.165) is 18.7 Å². The largest absolute Gasteiger partial charge is 0.334 e. The molecule has 1 N–H and O–H groups in total. The first-order chi connectivity index (χ1) is 10.1. The third-order valence-electron chi connectivity index (χ3n) is 4.83. The molecule has 1 aliphatic heterocycles. The van der Waals surface area contributed by atoms with Crippen LogP contribution in [0.2, 0.25) is 0 Å². The van der Waals surface area contributed by atoms with Crippen LogP contribution in [0.1, 0.15) is 53.6 Å². The van der Waals surface area contributed by atoms with Crippen LogP contribution in [0.5, 0.6) is 0 Å². The van der Waals surface area contributed by atoms with Crippen LogP contribution in [0.3, 0.4) is 0 Å². The number of carbonyl (C=O) groups is 1. The predicted octanol–water partition coefficient (Wildman–Crippen LogP) is 3.05. The van der Waals surface area contributed by atoms with Crippen molar-refractivity contribution in [2.45, 2.75) is 58.0 Å². The minimum absolute atomic E-state index is 0.216. The van der Waals surface area contributed by atoms with Gasteiger partial charge in [-0.3, -0.25) is 4.79 Å². The number of hydrogen-bond acceptors (Lipinski definition) is 2. The van der Waals surface area contributed by atoms with E-state index in [-0.39, 0.29) is 5.91 Å². The number of amides is 1. The maximum atomic E-state index is 12.9. The van der Waals surface area contributed by atoms with Gasteiger partial charge in [0.1, 0.15) is 0 Å². The van der Waals surface area contributed by atoms with E-state index in [1.807, 2.05) is 12.1 Å². The molecule has 1 atom stereocenters. The summed E-state index contributed by atoms with van der Waals surface area (Å²) in [5.41, 5.74) is 3.30. The lowest BCUT2D eigenvalue weighted by molar-refractivity contribution is 0.0718. The monoisotopic (exact) mass is 286 g/mol. The first-order valence-corrected chi connectivity index (χ1v) is 8.27. The highest BCUT2D eigenvalue weighted by Gasteiger charge is 2.34. The Kier molecular flexibility index (Phi) is 4.29. The second-order valence-corrected chi connectivity index (χ2v) is 6.63. The smallest absolute Gasteiger partial charge is 0.254 e. The molecular formula is C18H26N2O. The van der Waals surface area contributed by atoms with Gasteiger partial charge in [0.25, 0.3) is 5.91 Å². The molecule has 2 aliphatic rings. The molecule has 114 valence electrons. The maximum absolute atomic E-state index is 12.9. The third kappa shape index (κ3) is 3.46. The second-order valence-electron chi connectivity index (χ2n) is 6.63. The maximum Gasteiger partial charge on any atom is 0.254 e. The molecule has 1 amide bonds. The topological polar surface area (TPSA) is 32.3 Å². The number of rotatable bonds is 4. The normalized spacial score (nSPS) is 22.1. The van der Waals surface area contributed by atoms with Gasteiger partial charge in [-0.15, -0.1) is 0 Å². The Bertz CT molecular complexity index is 516. The minimum Gasteiger partial charge on any atom is -0.334 e. The van der Waals surface area contributed by atoms with E-state index >= 15 is 0 Å². The number of carbonyl (C=O) groups excluding carboxylic acids is 1. The van der Waals surface area contributed by atoms with E-state index in [0.29, 0.717) is 12.1 Å². The third-order valence-corrected chi connectivity index (χ3v) is 4.83. The molecule has 1 saturated carbocycles. The Hall–Kier alpha value is -1.35. The van der Waals surface area contributed by atoms with Gasteiger partial charge in [0, 0.05) is 24.2 Å². The van der Waals surface area contributed by atoms with E-state index in [1.54, 1.807) is 0 Å². The van der Waals surface area contributed by atoms with Crippen molar-refractivity contribution in [3.63, 3.8) is 0 Å². The Morgan fingerprint density at radius 2 is 2.00 bits per heavy atom. The molecule has 1 heterocycles.